The summed E-state index contributed by atoms with van der Waals surface area (Å²) in [5.41, 5.74) is -1.02. The summed E-state index contributed by atoms with van der Waals surface area (Å²) in [6, 6.07) is 5.48. The van der Waals surface area contributed by atoms with Gasteiger partial charge in [0.15, 0.2) is 0 Å². The molecule has 0 bridgehead atoms. The molecule has 1 aliphatic heterocycles. The van der Waals surface area contributed by atoms with Gasteiger partial charge in [0.2, 0.25) is 0 Å². The average molecular weight is 325 g/mol. The van der Waals surface area contributed by atoms with Gasteiger partial charge < -0.3 is 9.80 Å². The van der Waals surface area contributed by atoms with Gasteiger partial charge in [-0.25, -0.2) is 10.1 Å². The topological polar surface area (TPSA) is 65.1 Å². The molecule has 1 saturated heterocycles. The first kappa shape index (κ1) is 15.3. The number of H-pyrrole nitrogens is 1. The molecule has 1 aliphatic rings. The van der Waals surface area contributed by atoms with Gasteiger partial charge in [-0.3, -0.25) is 4.79 Å². The highest BCUT2D eigenvalue weighted by atomic mass is 19.4. The molecule has 23 heavy (non-hydrogen) atoms. The predicted molar refractivity (Wildman–Crippen MR) is 78.5 cm³/mol. The van der Waals surface area contributed by atoms with Crippen LogP contribution in [0.3, 0.4) is 0 Å². The molecule has 0 atom stereocenters. The number of hydrogen-bond donors (Lipinski definition) is 1. The van der Waals surface area contributed by atoms with Crippen LogP contribution in [0, 0.1) is 0 Å². The number of pyridine rings is 1. The van der Waals surface area contributed by atoms with E-state index in [0.29, 0.717) is 37.8 Å². The Morgan fingerprint density at radius 3 is 2.04 bits per heavy atom. The zero-order chi connectivity index (χ0) is 16.4. The van der Waals surface area contributed by atoms with Crippen LogP contribution in [0.4, 0.5) is 24.8 Å². The van der Waals surface area contributed by atoms with E-state index < -0.39 is 11.7 Å². The molecule has 2 aromatic heterocycles. The molecule has 3 rings (SSSR count). The van der Waals surface area contributed by atoms with Gasteiger partial charge in [-0.15, -0.1) is 0 Å². The number of nitrogens with zero attached hydrogens (tertiary/aromatic N) is 4. The number of alkyl halides is 3. The molecule has 0 saturated carbocycles. The van der Waals surface area contributed by atoms with Crippen molar-refractivity contribution in [2.75, 3.05) is 36.0 Å². The molecule has 0 unspecified atom stereocenters. The number of hydrogen-bond acceptors (Lipinski definition) is 5. The molecule has 6 nitrogen and oxygen atoms in total. The zero-order valence-electron chi connectivity index (χ0n) is 12.0. The summed E-state index contributed by atoms with van der Waals surface area (Å²) in [6.45, 7) is 2.50. The molecule has 1 fully saturated rings. The van der Waals surface area contributed by atoms with E-state index in [1.807, 2.05) is 9.80 Å². The van der Waals surface area contributed by atoms with Crippen LogP contribution in [0.1, 0.15) is 5.56 Å². The fourth-order valence-electron chi connectivity index (χ4n) is 2.42. The third-order valence-electron chi connectivity index (χ3n) is 3.67. The molecule has 0 radical (unpaired) electrons. The third-order valence-corrected chi connectivity index (χ3v) is 3.67. The number of aromatic amines is 1. The van der Waals surface area contributed by atoms with Gasteiger partial charge in [0, 0.05) is 38.4 Å². The van der Waals surface area contributed by atoms with Gasteiger partial charge >= 0.3 is 6.18 Å². The first-order valence-corrected chi connectivity index (χ1v) is 7.02. The number of piperazine rings is 1. The molecule has 9 heteroatoms. The molecular weight excluding hydrogens is 311 g/mol. The third kappa shape index (κ3) is 3.43. The Morgan fingerprint density at radius 2 is 1.57 bits per heavy atom. The first-order valence-electron chi connectivity index (χ1n) is 7.02. The highest BCUT2D eigenvalue weighted by Crippen LogP contribution is 2.29. The van der Waals surface area contributed by atoms with Crippen LogP contribution < -0.4 is 15.4 Å². The Morgan fingerprint density at radius 1 is 0.957 bits per heavy atom. The lowest BCUT2D eigenvalue weighted by molar-refractivity contribution is -0.137. The minimum Gasteiger partial charge on any atom is -0.353 e. The summed E-state index contributed by atoms with van der Waals surface area (Å²) in [5.74, 6) is 1.19. The minimum atomic E-state index is -4.37. The quantitative estimate of drug-likeness (QED) is 0.907. The van der Waals surface area contributed by atoms with E-state index in [-0.39, 0.29) is 5.56 Å². The number of nitrogens with one attached hydrogen (secondary N) is 1. The number of aromatic nitrogens is 3. The van der Waals surface area contributed by atoms with Crippen LogP contribution in [0.15, 0.2) is 35.3 Å². The van der Waals surface area contributed by atoms with Gasteiger partial charge in [0.05, 0.1) is 5.56 Å². The summed E-state index contributed by atoms with van der Waals surface area (Å²) in [6.07, 6.45) is -3.52. The van der Waals surface area contributed by atoms with E-state index >= 15 is 0 Å². The van der Waals surface area contributed by atoms with Crippen LogP contribution in [-0.2, 0) is 6.18 Å². The summed E-state index contributed by atoms with van der Waals surface area (Å²) in [4.78, 5) is 18.8. The van der Waals surface area contributed by atoms with Crippen LogP contribution >= 0.6 is 0 Å². The van der Waals surface area contributed by atoms with Crippen molar-refractivity contribution in [3.63, 3.8) is 0 Å². The van der Waals surface area contributed by atoms with Crippen LogP contribution in [0.5, 0.6) is 0 Å². The first-order chi connectivity index (χ1) is 10.9. The smallest absolute Gasteiger partial charge is 0.353 e. The molecule has 1 N–H and O–H groups in total. The molecule has 2 aromatic rings. The second kappa shape index (κ2) is 5.90. The Hall–Kier alpha value is -2.58. The van der Waals surface area contributed by atoms with Crippen LogP contribution in [0.25, 0.3) is 0 Å². The van der Waals surface area contributed by atoms with Crippen LogP contribution in [-0.4, -0.2) is 41.4 Å². The summed E-state index contributed by atoms with van der Waals surface area (Å²) < 4.78 is 37.6. The van der Waals surface area contributed by atoms with E-state index in [9.17, 15) is 18.0 Å². The maximum absolute atomic E-state index is 12.5. The Labute approximate surface area is 129 Å². The lowest BCUT2D eigenvalue weighted by Gasteiger charge is -2.35. The second-order valence-corrected chi connectivity index (χ2v) is 5.16. The number of rotatable bonds is 2. The summed E-state index contributed by atoms with van der Waals surface area (Å²) in [5, 5.41) is 6.35. The maximum Gasteiger partial charge on any atom is 0.417 e. The van der Waals surface area contributed by atoms with Gasteiger partial charge in [-0.1, -0.05) is 0 Å². The zero-order valence-corrected chi connectivity index (χ0v) is 12.0. The van der Waals surface area contributed by atoms with Gasteiger partial charge in [-0.05, 0) is 18.2 Å². The fourth-order valence-corrected chi connectivity index (χ4v) is 2.42. The Balaban J connectivity index is 1.64. The van der Waals surface area contributed by atoms with Crippen molar-refractivity contribution in [1.82, 2.24) is 15.2 Å². The van der Waals surface area contributed by atoms with Gasteiger partial charge in [0.1, 0.15) is 11.6 Å². The fraction of sp³-hybridized carbons (Fsp3) is 0.357. The van der Waals surface area contributed by atoms with Crippen molar-refractivity contribution in [3.05, 3.63) is 46.4 Å². The number of halogens is 3. The predicted octanol–water partition coefficient (Wildman–Crippen LogP) is 1.51. The van der Waals surface area contributed by atoms with E-state index in [1.54, 1.807) is 6.07 Å². The highest BCUT2D eigenvalue weighted by molar-refractivity contribution is 5.44. The molecule has 0 aromatic carbocycles. The lowest BCUT2D eigenvalue weighted by atomic mass is 10.2. The van der Waals surface area contributed by atoms with Crippen molar-refractivity contribution < 1.29 is 13.2 Å². The largest absolute Gasteiger partial charge is 0.417 e. The van der Waals surface area contributed by atoms with Gasteiger partial charge in [-0.2, -0.15) is 18.3 Å². The highest BCUT2D eigenvalue weighted by Gasteiger charge is 2.31. The molecule has 122 valence electrons. The van der Waals surface area contributed by atoms with Crippen LogP contribution in [0.2, 0.25) is 0 Å². The monoisotopic (exact) mass is 325 g/mol. The maximum atomic E-state index is 12.5. The summed E-state index contributed by atoms with van der Waals surface area (Å²) >= 11 is 0. The van der Waals surface area contributed by atoms with E-state index in [2.05, 4.69) is 15.2 Å². The Kier molecular flexibility index (Phi) is 3.93. The molecular formula is C14H14F3N5O. The normalized spacial score (nSPS) is 15.8. The second-order valence-electron chi connectivity index (χ2n) is 5.16. The van der Waals surface area contributed by atoms with Crippen molar-refractivity contribution in [2.45, 2.75) is 6.18 Å². The molecule has 0 amide bonds. The van der Waals surface area contributed by atoms with E-state index in [4.69, 9.17) is 0 Å². The minimum absolute atomic E-state index is 0.263. The standard InChI is InChI=1S/C14H14F3N5O/c15-14(16,17)10-1-2-11(18-9-10)21-5-7-22(8-6-21)12-3-4-13(23)20-19-12/h1-4,9H,5-8H2,(H,20,23). The molecule has 0 spiro atoms. The number of anilines is 2. The van der Waals surface area contributed by atoms with Crippen molar-refractivity contribution in [1.29, 1.82) is 0 Å². The van der Waals surface area contributed by atoms with Crippen molar-refractivity contribution in [3.8, 4) is 0 Å². The molecule has 3 heterocycles. The molecule has 0 aliphatic carbocycles. The van der Waals surface area contributed by atoms with E-state index in [0.717, 1.165) is 12.3 Å². The van der Waals surface area contributed by atoms with E-state index in [1.165, 1.54) is 12.1 Å². The SMILES string of the molecule is O=c1ccc(N2CCN(c3ccc(C(F)(F)F)cn3)CC2)n[nH]1. The Bertz CT molecular complexity index is 700. The summed E-state index contributed by atoms with van der Waals surface area (Å²) in [7, 11) is 0. The average Bonchev–Trinajstić information content (AvgIpc) is 2.55. The van der Waals surface area contributed by atoms with Gasteiger partial charge in [0.25, 0.3) is 5.56 Å². The lowest BCUT2D eigenvalue weighted by Crippen LogP contribution is -2.47. The van der Waals surface area contributed by atoms with Crippen molar-refractivity contribution >= 4 is 11.6 Å². The van der Waals surface area contributed by atoms with Crippen molar-refractivity contribution in [2.24, 2.45) is 0 Å².